The summed E-state index contributed by atoms with van der Waals surface area (Å²) in [5, 5.41) is 15.8. The zero-order valence-electron chi connectivity index (χ0n) is 10.8. The number of carbonyl (C=O) groups excluding carboxylic acids is 1. The molecule has 0 bridgehead atoms. The highest BCUT2D eigenvalue weighted by Crippen LogP contribution is 2.30. The average Bonchev–Trinajstić information content (AvgIpc) is 3.13. The zero-order valence-corrected chi connectivity index (χ0v) is 13.3. The van der Waals surface area contributed by atoms with Gasteiger partial charge in [-0.05, 0) is 24.4 Å². The molecule has 1 unspecified atom stereocenters. The minimum absolute atomic E-state index is 0.00716. The summed E-state index contributed by atoms with van der Waals surface area (Å²) in [7, 11) is 0. The fraction of sp³-hybridized carbons (Fsp3) is 0.154. The van der Waals surface area contributed by atoms with E-state index in [1.165, 1.54) is 28.1 Å². The molecule has 21 heavy (non-hydrogen) atoms. The van der Waals surface area contributed by atoms with E-state index in [2.05, 4.69) is 10.3 Å². The molecule has 1 atom stereocenters. The molecule has 8 heteroatoms. The third kappa shape index (κ3) is 2.82. The van der Waals surface area contributed by atoms with Gasteiger partial charge in [0.2, 0.25) is 0 Å². The molecule has 0 aliphatic carbocycles. The minimum Gasteiger partial charge on any atom is -0.476 e. The third-order valence-electron chi connectivity index (χ3n) is 2.82. The van der Waals surface area contributed by atoms with Crippen molar-refractivity contribution in [2.75, 3.05) is 0 Å². The Bertz CT molecular complexity index is 789. The fourth-order valence-corrected chi connectivity index (χ4v) is 4.60. The Hall–Kier alpha value is -1.77. The Morgan fingerprint density at radius 3 is 2.81 bits per heavy atom. The van der Waals surface area contributed by atoms with Crippen LogP contribution in [0.25, 0.3) is 9.40 Å². The van der Waals surface area contributed by atoms with E-state index in [9.17, 15) is 9.59 Å². The number of nitrogens with one attached hydrogen (secondary N) is 1. The SMILES string of the molecule is CC(NC(=O)c1cc2sccc2s1)c1nc(C(=O)O)cs1. The molecule has 5 nitrogen and oxygen atoms in total. The first-order chi connectivity index (χ1) is 10.0. The third-order valence-corrected chi connectivity index (χ3v) is 5.94. The quantitative estimate of drug-likeness (QED) is 0.761. The summed E-state index contributed by atoms with van der Waals surface area (Å²) in [4.78, 5) is 27.7. The van der Waals surface area contributed by atoms with Crippen LogP contribution < -0.4 is 5.32 Å². The normalized spacial score (nSPS) is 12.4. The van der Waals surface area contributed by atoms with Crippen LogP contribution >= 0.6 is 34.0 Å². The van der Waals surface area contributed by atoms with Gasteiger partial charge in [-0.2, -0.15) is 0 Å². The number of thiazole rings is 1. The molecule has 0 radical (unpaired) electrons. The number of nitrogens with zero attached hydrogens (tertiary/aromatic N) is 1. The molecule has 0 spiro atoms. The molecule has 108 valence electrons. The number of hydrogen-bond acceptors (Lipinski definition) is 6. The fourth-order valence-electron chi connectivity index (χ4n) is 1.79. The van der Waals surface area contributed by atoms with Gasteiger partial charge in [0.25, 0.3) is 5.91 Å². The van der Waals surface area contributed by atoms with Crippen molar-refractivity contribution in [1.82, 2.24) is 10.3 Å². The van der Waals surface area contributed by atoms with Crippen molar-refractivity contribution in [2.24, 2.45) is 0 Å². The van der Waals surface area contributed by atoms with Crippen molar-refractivity contribution in [3.8, 4) is 0 Å². The summed E-state index contributed by atoms with van der Waals surface area (Å²) in [5.41, 5.74) is 0.00716. The van der Waals surface area contributed by atoms with Gasteiger partial charge in [-0.15, -0.1) is 34.0 Å². The number of aromatic carboxylic acids is 1. The van der Waals surface area contributed by atoms with Gasteiger partial charge in [0.05, 0.1) is 10.9 Å². The molecule has 3 aromatic rings. The number of carboxylic acid groups (broad SMARTS) is 1. The van der Waals surface area contributed by atoms with Crippen molar-refractivity contribution in [1.29, 1.82) is 0 Å². The molecule has 0 saturated carbocycles. The number of rotatable bonds is 4. The Balaban J connectivity index is 1.73. The average molecular weight is 338 g/mol. The molecule has 0 aliphatic rings. The maximum atomic E-state index is 12.2. The predicted molar refractivity (Wildman–Crippen MR) is 84.7 cm³/mol. The van der Waals surface area contributed by atoms with E-state index in [0.29, 0.717) is 9.88 Å². The van der Waals surface area contributed by atoms with Gasteiger partial charge in [-0.1, -0.05) is 0 Å². The molecule has 0 fully saturated rings. The highest BCUT2D eigenvalue weighted by molar-refractivity contribution is 7.27. The van der Waals surface area contributed by atoms with Crippen LogP contribution in [0.2, 0.25) is 0 Å². The lowest BCUT2D eigenvalue weighted by atomic mass is 10.3. The Labute approximate surface area is 131 Å². The standard InChI is InChI=1S/C13H10N2O3S3/c1-6(12-15-7(5-20-12)13(17)18)14-11(16)10-4-9-8(21-10)2-3-19-9/h2-6H,1H3,(H,14,16)(H,17,18). The molecular formula is C13H10N2O3S3. The van der Waals surface area contributed by atoms with E-state index in [1.807, 2.05) is 17.5 Å². The Kier molecular flexibility index (Phi) is 3.75. The van der Waals surface area contributed by atoms with Crippen molar-refractivity contribution in [2.45, 2.75) is 13.0 Å². The summed E-state index contributed by atoms with van der Waals surface area (Å²) >= 11 is 4.28. The first-order valence-electron chi connectivity index (χ1n) is 6.01. The van der Waals surface area contributed by atoms with Crippen LogP contribution in [-0.4, -0.2) is 22.0 Å². The van der Waals surface area contributed by atoms with E-state index in [0.717, 1.165) is 9.40 Å². The van der Waals surface area contributed by atoms with E-state index in [4.69, 9.17) is 5.11 Å². The minimum atomic E-state index is -1.06. The number of fused-ring (bicyclic) bond motifs is 1. The highest BCUT2D eigenvalue weighted by Gasteiger charge is 2.18. The summed E-state index contributed by atoms with van der Waals surface area (Å²) in [6, 6.07) is 3.54. The number of amides is 1. The van der Waals surface area contributed by atoms with Crippen molar-refractivity contribution >= 4 is 55.3 Å². The lowest BCUT2D eigenvalue weighted by Gasteiger charge is -2.09. The first-order valence-corrected chi connectivity index (χ1v) is 8.59. The summed E-state index contributed by atoms with van der Waals surface area (Å²) in [6.07, 6.45) is 0. The molecule has 0 saturated heterocycles. The van der Waals surface area contributed by atoms with E-state index in [1.54, 1.807) is 18.3 Å². The topological polar surface area (TPSA) is 79.3 Å². The van der Waals surface area contributed by atoms with Gasteiger partial charge in [-0.3, -0.25) is 4.79 Å². The number of thiophene rings is 2. The number of hydrogen-bond donors (Lipinski definition) is 2. The monoisotopic (exact) mass is 338 g/mol. The zero-order chi connectivity index (χ0) is 15.0. The molecule has 3 heterocycles. The molecule has 0 aliphatic heterocycles. The van der Waals surface area contributed by atoms with Crippen LogP contribution in [0.3, 0.4) is 0 Å². The molecule has 3 rings (SSSR count). The van der Waals surface area contributed by atoms with Crippen LogP contribution in [0.15, 0.2) is 22.9 Å². The van der Waals surface area contributed by atoms with Gasteiger partial charge in [0.15, 0.2) is 5.69 Å². The van der Waals surface area contributed by atoms with Gasteiger partial charge in [-0.25, -0.2) is 9.78 Å². The van der Waals surface area contributed by atoms with Crippen LogP contribution in [0.5, 0.6) is 0 Å². The summed E-state index contributed by atoms with van der Waals surface area (Å²) in [6.45, 7) is 1.79. The van der Waals surface area contributed by atoms with E-state index >= 15 is 0 Å². The lowest BCUT2D eigenvalue weighted by Crippen LogP contribution is -2.25. The summed E-state index contributed by atoms with van der Waals surface area (Å²) < 4.78 is 2.19. The van der Waals surface area contributed by atoms with Gasteiger partial charge >= 0.3 is 5.97 Å². The largest absolute Gasteiger partial charge is 0.476 e. The Morgan fingerprint density at radius 2 is 2.14 bits per heavy atom. The van der Waals surface area contributed by atoms with Gasteiger partial charge < -0.3 is 10.4 Å². The second-order valence-corrected chi connectivity index (χ2v) is 7.25. The summed E-state index contributed by atoms with van der Waals surface area (Å²) in [5.74, 6) is -1.22. The second-order valence-electron chi connectivity index (χ2n) is 4.33. The smallest absolute Gasteiger partial charge is 0.355 e. The molecule has 1 amide bonds. The molecule has 0 aromatic carbocycles. The maximum Gasteiger partial charge on any atom is 0.355 e. The maximum absolute atomic E-state index is 12.2. The van der Waals surface area contributed by atoms with E-state index in [-0.39, 0.29) is 17.6 Å². The Morgan fingerprint density at radius 1 is 1.33 bits per heavy atom. The van der Waals surface area contributed by atoms with Crippen molar-refractivity contribution in [3.05, 3.63) is 38.5 Å². The van der Waals surface area contributed by atoms with Crippen molar-refractivity contribution < 1.29 is 14.7 Å². The number of aromatic nitrogens is 1. The predicted octanol–water partition coefficient (Wildman–Crippen LogP) is 3.61. The molecular weight excluding hydrogens is 328 g/mol. The van der Waals surface area contributed by atoms with Crippen LogP contribution in [0, 0.1) is 0 Å². The van der Waals surface area contributed by atoms with Gasteiger partial charge in [0, 0.05) is 14.8 Å². The van der Waals surface area contributed by atoms with Crippen molar-refractivity contribution in [3.63, 3.8) is 0 Å². The number of carboxylic acids is 1. The van der Waals surface area contributed by atoms with Gasteiger partial charge in [0.1, 0.15) is 5.01 Å². The second kappa shape index (κ2) is 5.55. The molecule has 2 N–H and O–H groups in total. The van der Waals surface area contributed by atoms with Crippen LogP contribution in [0.4, 0.5) is 0 Å². The first kappa shape index (κ1) is 14.2. The lowest BCUT2D eigenvalue weighted by molar-refractivity contribution is 0.0691. The highest BCUT2D eigenvalue weighted by atomic mass is 32.1. The van der Waals surface area contributed by atoms with E-state index < -0.39 is 5.97 Å². The van der Waals surface area contributed by atoms with Crippen LogP contribution in [-0.2, 0) is 0 Å². The van der Waals surface area contributed by atoms with Crippen LogP contribution in [0.1, 0.15) is 38.1 Å². The number of carbonyl (C=O) groups is 2. The molecule has 3 aromatic heterocycles.